The van der Waals surface area contributed by atoms with E-state index in [1.165, 1.54) is 18.2 Å². The maximum Gasteiger partial charge on any atom is 0.409 e. The molecule has 0 aliphatic heterocycles. The Morgan fingerprint density at radius 3 is 1.96 bits per heavy atom. The molecule has 1 atom stereocenters. The predicted octanol–water partition coefficient (Wildman–Crippen LogP) is 3.92. The molecule has 0 aliphatic carbocycles. The van der Waals surface area contributed by atoms with E-state index in [0.29, 0.717) is 7.11 Å². The fourth-order valence-electron chi connectivity index (χ4n) is 1.52. The summed E-state index contributed by atoms with van der Waals surface area (Å²) in [5.41, 5.74) is 0. The molecule has 0 radical (unpaired) electrons. The largest absolute Gasteiger partial charge is 0.464 e. The normalized spacial score (nSPS) is 14.2. The van der Waals surface area contributed by atoms with Gasteiger partial charge in [-0.05, 0) is 12.1 Å². The van der Waals surface area contributed by atoms with Crippen LogP contribution in [-0.4, -0.2) is 43.6 Å². The highest BCUT2D eigenvalue weighted by Gasteiger charge is 2.78. The summed E-state index contributed by atoms with van der Waals surface area (Å²) in [5, 5.41) is 1.08. The monoisotopic (exact) mass is 381 g/mol. The van der Waals surface area contributed by atoms with Gasteiger partial charge in [-0.25, -0.2) is 13.6 Å². The second-order valence-electron chi connectivity index (χ2n) is 4.57. The Labute approximate surface area is 135 Å². The van der Waals surface area contributed by atoms with E-state index in [9.17, 15) is 39.9 Å². The summed E-state index contributed by atoms with van der Waals surface area (Å²) < 4.78 is 113. The second kappa shape index (κ2) is 7.31. The van der Waals surface area contributed by atoms with Crippen molar-refractivity contribution < 1.29 is 49.4 Å². The number of para-hydroxylation sites is 1. The molecule has 142 valence electrons. The van der Waals surface area contributed by atoms with Crippen LogP contribution >= 0.6 is 0 Å². The molecular weight excluding hydrogens is 370 g/mol. The fourth-order valence-corrected chi connectivity index (χ4v) is 1.52. The maximum absolute atomic E-state index is 13.9. The molecule has 1 rings (SSSR count). The fraction of sp³-hybridized carbons (Fsp3) is 0.462. The van der Waals surface area contributed by atoms with Crippen LogP contribution in [0.3, 0.4) is 0 Å². The molecule has 25 heavy (non-hydrogen) atoms. The number of carbonyl (C=O) groups is 1. The van der Waals surface area contributed by atoms with Crippen LogP contribution in [0.5, 0.6) is 5.75 Å². The van der Waals surface area contributed by atoms with E-state index < -0.39 is 42.3 Å². The van der Waals surface area contributed by atoms with E-state index in [-0.39, 0.29) is 0 Å². The molecule has 4 nitrogen and oxygen atoms in total. The zero-order chi connectivity index (χ0) is 19.5. The molecule has 1 amide bonds. The Hall–Kier alpha value is -2.27. The van der Waals surface area contributed by atoms with Crippen LogP contribution in [0.25, 0.3) is 0 Å². The van der Waals surface area contributed by atoms with Crippen LogP contribution in [-0.2, 0) is 4.74 Å². The van der Waals surface area contributed by atoms with Gasteiger partial charge in [-0.2, -0.15) is 26.3 Å². The number of ether oxygens (including phenoxy) is 2. The van der Waals surface area contributed by atoms with Gasteiger partial charge in [0.05, 0.1) is 7.11 Å². The van der Waals surface area contributed by atoms with Crippen molar-refractivity contribution in [1.29, 1.82) is 0 Å². The van der Waals surface area contributed by atoms with Crippen molar-refractivity contribution in [2.45, 2.75) is 30.4 Å². The van der Waals surface area contributed by atoms with Crippen LogP contribution in [0.4, 0.5) is 39.9 Å². The lowest BCUT2D eigenvalue weighted by molar-refractivity contribution is -0.355. The van der Waals surface area contributed by atoms with Gasteiger partial charge < -0.3 is 9.47 Å². The van der Waals surface area contributed by atoms with Crippen LogP contribution in [0.1, 0.15) is 0 Å². The van der Waals surface area contributed by atoms with E-state index >= 15 is 0 Å². The minimum absolute atomic E-state index is 0.528. The summed E-state index contributed by atoms with van der Waals surface area (Å²) >= 11 is 0. The lowest BCUT2D eigenvalue weighted by Crippen LogP contribution is -2.66. The average molecular weight is 381 g/mol. The van der Waals surface area contributed by atoms with E-state index in [0.717, 1.165) is 17.4 Å². The summed E-state index contributed by atoms with van der Waals surface area (Å²) in [7, 11) is 0.666. The molecule has 0 unspecified atom stereocenters. The van der Waals surface area contributed by atoms with Gasteiger partial charge in [0.15, 0.2) is 0 Å². The summed E-state index contributed by atoms with van der Waals surface area (Å²) in [6.07, 6.45) is -10.3. The smallest absolute Gasteiger partial charge is 0.409 e. The topological polar surface area (TPSA) is 47.6 Å². The lowest BCUT2D eigenvalue weighted by atomic mass is 10.0. The minimum Gasteiger partial charge on any atom is -0.464 e. The van der Waals surface area contributed by atoms with Crippen molar-refractivity contribution in [2.75, 3.05) is 7.11 Å². The van der Waals surface area contributed by atoms with Crippen molar-refractivity contribution in [1.82, 2.24) is 5.32 Å². The lowest BCUT2D eigenvalue weighted by Gasteiger charge is -2.36. The molecule has 0 saturated carbocycles. The molecular formula is C13H11F8NO3. The summed E-state index contributed by atoms with van der Waals surface area (Å²) in [4.78, 5) is 11.0. The zero-order valence-electron chi connectivity index (χ0n) is 12.3. The number of hydrogen-bond donors (Lipinski definition) is 1. The van der Waals surface area contributed by atoms with Gasteiger partial charge in [-0.15, -0.1) is 0 Å². The molecule has 0 fully saturated rings. The van der Waals surface area contributed by atoms with Crippen molar-refractivity contribution in [3.63, 3.8) is 0 Å². The van der Waals surface area contributed by atoms with Crippen molar-refractivity contribution in [3.8, 4) is 5.75 Å². The first kappa shape index (κ1) is 20.8. The number of hydrogen-bond acceptors (Lipinski definition) is 3. The molecule has 0 bridgehead atoms. The van der Waals surface area contributed by atoms with Gasteiger partial charge in [-0.1, -0.05) is 18.2 Å². The van der Waals surface area contributed by atoms with Crippen molar-refractivity contribution >= 4 is 6.09 Å². The highest BCUT2D eigenvalue weighted by molar-refractivity contribution is 5.67. The van der Waals surface area contributed by atoms with Gasteiger partial charge in [0, 0.05) is 0 Å². The van der Waals surface area contributed by atoms with Crippen LogP contribution in [0, 0.1) is 0 Å². The summed E-state index contributed by atoms with van der Waals surface area (Å²) in [6.45, 7) is 0. The highest BCUT2D eigenvalue weighted by Crippen LogP contribution is 2.50. The van der Waals surface area contributed by atoms with Crippen molar-refractivity contribution in [2.24, 2.45) is 0 Å². The molecule has 1 N–H and O–H groups in total. The summed E-state index contributed by atoms with van der Waals surface area (Å²) in [5.74, 6) is -19.4. The standard InChI is InChI=1S/C13H11F8NO3/c1-24-10(23)22-9(25-7-5-3-2-4-6-7)12(18,19)13(20,21)11(16,17)8(14)15/h2-6,8-9H,1H3,(H,22,23)/t9-/m0/s1. The average Bonchev–Trinajstić information content (AvgIpc) is 2.54. The third-order valence-corrected chi connectivity index (χ3v) is 2.87. The molecule has 0 aromatic heterocycles. The third-order valence-electron chi connectivity index (χ3n) is 2.87. The molecule has 1 aromatic carbocycles. The molecule has 0 heterocycles. The maximum atomic E-state index is 13.9. The Kier molecular flexibility index (Phi) is 6.08. The number of alkyl halides is 8. The number of rotatable bonds is 7. The number of methoxy groups -OCH3 is 1. The minimum atomic E-state index is -6.56. The van der Waals surface area contributed by atoms with E-state index in [1.807, 2.05) is 0 Å². The van der Waals surface area contributed by atoms with E-state index in [4.69, 9.17) is 0 Å². The molecule has 1 aromatic rings. The Balaban J connectivity index is 3.27. The number of alkyl carbamates (subject to hydrolysis) is 1. The van der Waals surface area contributed by atoms with Crippen molar-refractivity contribution in [3.05, 3.63) is 30.3 Å². The number of carbonyl (C=O) groups excluding carboxylic acids is 1. The van der Waals surface area contributed by atoms with Crippen LogP contribution in [0.15, 0.2) is 30.3 Å². The van der Waals surface area contributed by atoms with Crippen LogP contribution < -0.4 is 10.1 Å². The zero-order valence-corrected chi connectivity index (χ0v) is 12.3. The molecule has 0 aliphatic rings. The Morgan fingerprint density at radius 1 is 1.00 bits per heavy atom. The first-order valence-corrected chi connectivity index (χ1v) is 6.35. The Bertz CT molecular complexity index is 582. The molecule has 0 saturated heterocycles. The van der Waals surface area contributed by atoms with Gasteiger partial charge >= 0.3 is 30.3 Å². The highest BCUT2D eigenvalue weighted by atomic mass is 19.4. The van der Waals surface area contributed by atoms with Gasteiger partial charge in [0.1, 0.15) is 5.75 Å². The number of nitrogens with one attached hydrogen (secondary N) is 1. The third kappa shape index (κ3) is 4.04. The van der Waals surface area contributed by atoms with Crippen LogP contribution in [0.2, 0.25) is 0 Å². The van der Waals surface area contributed by atoms with Gasteiger partial charge in [-0.3, -0.25) is 5.32 Å². The molecule has 12 heteroatoms. The van der Waals surface area contributed by atoms with Gasteiger partial charge in [0.2, 0.25) is 6.23 Å². The number of benzene rings is 1. The van der Waals surface area contributed by atoms with Gasteiger partial charge in [0.25, 0.3) is 0 Å². The van der Waals surface area contributed by atoms with E-state index in [2.05, 4.69) is 9.47 Å². The first-order chi connectivity index (χ1) is 11.4. The summed E-state index contributed by atoms with van der Waals surface area (Å²) in [6, 6.07) is 5.77. The number of halogens is 8. The quantitative estimate of drug-likeness (QED) is 0.575. The first-order valence-electron chi connectivity index (χ1n) is 6.35. The second-order valence-corrected chi connectivity index (χ2v) is 4.57. The Morgan fingerprint density at radius 2 is 1.52 bits per heavy atom. The predicted molar refractivity (Wildman–Crippen MR) is 67.2 cm³/mol. The van der Waals surface area contributed by atoms with E-state index in [1.54, 1.807) is 0 Å². The molecule has 0 spiro atoms. The SMILES string of the molecule is COC(=O)N[C@@H](Oc1ccccc1)C(F)(F)C(F)(F)C(F)(F)C(F)F. The number of amides is 1.